The minimum atomic E-state index is -2.02. The van der Waals surface area contributed by atoms with E-state index in [0.717, 1.165) is 7.11 Å². The number of rotatable bonds is 6. The molecular formula is C13H15NO7. The topological polar surface area (TPSA) is 136 Å². The van der Waals surface area contributed by atoms with Crippen LogP contribution in [-0.4, -0.2) is 47.4 Å². The maximum Gasteiger partial charge on any atom is 0.352 e. The van der Waals surface area contributed by atoms with Crippen molar-refractivity contribution in [3.05, 3.63) is 29.8 Å². The molecule has 0 aliphatic carbocycles. The van der Waals surface area contributed by atoms with Crippen LogP contribution in [0.2, 0.25) is 0 Å². The molecule has 0 spiro atoms. The van der Waals surface area contributed by atoms with Crippen molar-refractivity contribution >= 4 is 17.9 Å². The Labute approximate surface area is 120 Å². The van der Waals surface area contributed by atoms with Crippen LogP contribution in [0.3, 0.4) is 0 Å². The summed E-state index contributed by atoms with van der Waals surface area (Å²) in [5, 5.41) is 17.9. The van der Waals surface area contributed by atoms with E-state index in [1.165, 1.54) is 24.3 Å². The lowest BCUT2D eigenvalue weighted by Crippen LogP contribution is -2.34. The predicted molar refractivity (Wildman–Crippen MR) is 69.4 cm³/mol. The summed E-state index contributed by atoms with van der Waals surface area (Å²) in [6.45, 7) is 0. The van der Waals surface area contributed by atoms with Gasteiger partial charge < -0.3 is 25.4 Å². The van der Waals surface area contributed by atoms with Crippen molar-refractivity contribution < 1.29 is 34.1 Å². The number of carboxylic acids is 1. The fraction of sp³-hybridized carbons (Fsp3) is 0.308. The number of carbonyl (C=O) groups excluding carboxylic acids is 2. The molecule has 0 heterocycles. The van der Waals surface area contributed by atoms with E-state index >= 15 is 0 Å². The van der Waals surface area contributed by atoms with Crippen molar-refractivity contribution in [2.24, 2.45) is 5.73 Å². The number of carbonyl (C=O) groups is 3. The number of nitrogens with two attached hydrogens (primary N) is 1. The number of hydrogen-bond acceptors (Lipinski definition) is 7. The minimum Gasteiger partial charge on any atom is -0.480 e. The van der Waals surface area contributed by atoms with Gasteiger partial charge in [0.05, 0.1) is 7.11 Å². The number of benzene rings is 1. The number of carboxylic acid groups (broad SMARTS) is 1. The van der Waals surface area contributed by atoms with Gasteiger partial charge in [-0.1, -0.05) is 12.1 Å². The standard InChI is InChI=1S/C13H15NO7/c1-20-12(18)10(15)13(19)21-8-4-2-7(3-5-8)6-9(14)11(16)17/h2-5,9-10,15H,6,14H2,1H3,(H,16,17)/t9-,10?/m0/s1. The van der Waals surface area contributed by atoms with Gasteiger partial charge in [0.25, 0.3) is 6.10 Å². The summed E-state index contributed by atoms with van der Waals surface area (Å²) in [6.07, 6.45) is -1.90. The number of esters is 2. The SMILES string of the molecule is COC(=O)C(O)C(=O)Oc1ccc(C[C@H](N)C(=O)O)cc1. The Morgan fingerprint density at radius 3 is 2.24 bits per heavy atom. The van der Waals surface area contributed by atoms with Gasteiger partial charge in [0.15, 0.2) is 0 Å². The molecule has 0 saturated heterocycles. The summed E-state index contributed by atoms with van der Waals surface area (Å²) in [4.78, 5) is 33.0. The van der Waals surface area contributed by atoms with E-state index < -0.39 is 30.1 Å². The highest BCUT2D eigenvalue weighted by atomic mass is 16.6. The van der Waals surface area contributed by atoms with Crippen molar-refractivity contribution in [2.45, 2.75) is 18.6 Å². The second-order valence-electron chi connectivity index (χ2n) is 4.14. The molecule has 0 aromatic heterocycles. The van der Waals surface area contributed by atoms with E-state index in [0.29, 0.717) is 5.56 Å². The molecule has 0 aliphatic heterocycles. The number of methoxy groups -OCH3 is 1. The first kappa shape index (κ1) is 16.6. The molecule has 0 fully saturated rings. The molecule has 114 valence electrons. The first-order chi connectivity index (χ1) is 9.85. The number of aliphatic hydroxyl groups is 1. The molecule has 8 nitrogen and oxygen atoms in total. The van der Waals surface area contributed by atoms with Crippen LogP contribution in [0.1, 0.15) is 5.56 Å². The van der Waals surface area contributed by atoms with Gasteiger partial charge in [0.2, 0.25) is 0 Å². The summed E-state index contributed by atoms with van der Waals surface area (Å²) >= 11 is 0. The lowest BCUT2D eigenvalue weighted by molar-refractivity contribution is -0.161. The van der Waals surface area contributed by atoms with Gasteiger partial charge in [0.1, 0.15) is 11.8 Å². The van der Waals surface area contributed by atoms with E-state index in [-0.39, 0.29) is 12.2 Å². The number of aliphatic hydroxyl groups excluding tert-OH is 1. The van der Waals surface area contributed by atoms with Crippen LogP contribution in [-0.2, 0) is 25.5 Å². The fourth-order valence-corrected chi connectivity index (χ4v) is 1.41. The first-order valence-corrected chi connectivity index (χ1v) is 5.90. The van der Waals surface area contributed by atoms with Gasteiger partial charge in [-0.3, -0.25) is 4.79 Å². The molecule has 8 heteroatoms. The summed E-state index contributed by atoms with van der Waals surface area (Å²) < 4.78 is 8.97. The Balaban J connectivity index is 2.64. The Bertz CT molecular complexity index is 526. The largest absolute Gasteiger partial charge is 0.480 e. The molecule has 0 bridgehead atoms. The summed E-state index contributed by atoms with van der Waals surface area (Å²) in [6, 6.07) is 4.81. The summed E-state index contributed by atoms with van der Waals surface area (Å²) in [7, 11) is 1.03. The molecule has 0 radical (unpaired) electrons. The highest BCUT2D eigenvalue weighted by molar-refractivity contribution is 5.98. The maximum absolute atomic E-state index is 11.4. The van der Waals surface area contributed by atoms with Crippen LogP contribution >= 0.6 is 0 Å². The average Bonchev–Trinajstić information content (AvgIpc) is 2.47. The molecule has 0 saturated carbocycles. The van der Waals surface area contributed by atoms with Crippen LogP contribution < -0.4 is 10.5 Å². The molecule has 2 atom stereocenters. The molecule has 1 rings (SSSR count). The van der Waals surface area contributed by atoms with Crippen molar-refractivity contribution in [2.75, 3.05) is 7.11 Å². The number of hydrogen-bond donors (Lipinski definition) is 3. The summed E-state index contributed by atoms with van der Waals surface area (Å²) in [5.74, 6) is -3.32. The number of ether oxygens (including phenoxy) is 2. The molecule has 1 aromatic rings. The molecule has 1 aromatic carbocycles. The zero-order valence-electron chi connectivity index (χ0n) is 11.2. The quantitative estimate of drug-likeness (QED) is 0.348. The van der Waals surface area contributed by atoms with Gasteiger partial charge in [-0.15, -0.1) is 0 Å². The second kappa shape index (κ2) is 7.36. The Hall–Kier alpha value is -2.45. The molecule has 4 N–H and O–H groups in total. The van der Waals surface area contributed by atoms with Crippen molar-refractivity contribution in [3.8, 4) is 5.75 Å². The minimum absolute atomic E-state index is 0.0931. The molecule has 0 aliphatic rings. The monoisotopic (exact) mass is 297 g/mol. The van der Waals surface area contributed by atoms with Crippen LogP contribution in [0.5, 0.6) is 5.75 Å². The van der Waals surface area contributed by atoms with Crippen molar-refractivity contribution in [1.29, 1.82) is 0 Å². The highest BCUT2D eigenvalue weighted by Crippen LogP contribution is 2.14. The van der Waals surface area contributed by atoms with Gasteiger partial charge in [-0.05, 0) is 24.1 Å². The highest BCUT2D eigenvalue weighted by Gasteiger charge is 2.26. The van der Waals surface area contributed by atoms with E-state index in [9.17, 15) is 19.5 Å². The van der Waals surface area contributed by atoms with Crippen molar-refractivity contribution in [1.82, 2.24) is 0 Å². The predicted octanol–water partition coefficient (Wildman–Crippen LogP) is -0.920. The molecular weight excluding hydrogens is 282 g/mol. The normalized spacial score (nSPS) is 13.1. The van der Waals surface area contributed by atoms with E-state index in [4.69, 9.17) is 15.6 Å². The van der Waals surface area contributed by atoms with Crippen molar-refractivity contribution in [3.63, 3.8) is 0 Å². The lowest BCUT2D eigenvalue weighted by Gasteiger charge is -2.10. The average molecular weight is 297 g/mol. The van der Waals surface area contributed by atoms with Gasteiger partial charge in [-0.25, -0.2) is 9.59 Å². The molecule has 21 heavy (non-hydrogen) atoms. The molecule has 0 amide bonds. The lowest BCUT2D eigenvalue weighted by atomic mass is 10.1. The zero-order chi connectivity index (χ0) is 16.0. The van der Waals surface area contributed by atoms with Gasteiger partial charge >= 0.3 is 17.9 Å². The van der Waals surface area contributed by atoms with E-state index in [2.05, 4.69) is 4.74 Å². The molecule has 1 unspecified atom stereocenters. The third kappa shape index (κ3) is 4.86. The van der Waals surface area contributed by atoms with Crippen LogP contribution in [0, 0.1) is 0 Å². The maximum atomic E-state index is 11.4. The van der Waals surface area contributed by atoms with E-state index in [1.807, 2.05) is 0 Å². The van der Waals surface area contributed by atoms with Crippen LogP contribution in [0.4, 0.5) is 0 Å². The summed E-state index contributed by atoms with van der Waals surface area (Å²) in [5.41, 5.74) is 6.02. The van der Waals surface area contributed by atoms with Crippen LogP contribution in [0.25, 0.3) is 0 Å². The smallest absolute Gasteiger partial charge is 0.352 e. The third-order valence-corrected chi connectivity index (χ3v) is 2.56. The second-order valence-corrected chi connectivity index (χ2v) is 4.14. The fourth-order valence-electron chi connectivity index (χ4n) is 1.41. The van der Waals surface area contributed by atoms with Gasteiger partial charge in [-0.2, -0.15) is 0 Å². The van der Waals surface area contributed by atoms with Crippen LogP contribution in [0.15, 0.2) is 24.3 Å². The Morgan fingerprint density at radius 1 is 1.19 bits per heavy atom. The van der Waals surface area contributed by atoms with Gasteiger partial charge in [0, 0.05) is 0 Å². The number of aliphatic carboxylic acids is 1. The van der Waals surface area contributed by atoms with E-state index in [1.54, 1.807) is 0 Å². The Morgan fingerprint density at radius 2 is 1.76 bits per heavy atom. The zero-order valence-corrected chi connectivity index (χ0v) is 11.2. The third-order valence-electron chi connectivity index (χ3n) is 2.56. The first-order valence-electron chi connectivity index (χ1n) is 5.90. The Kier molecular flexibility index (Phi) is 5.82.